The van der Waals surface area contributed by atoms with Crippen LogP contribution in [0.15, 0.2) is 24.3 Å². The minimum atomic E-state index is -4.76. The lowest BCUT2D eigenvalue weighted by Gasteiger charge is -2.35. The molecule has 1 aromatic carbocycles. The van der Waals surface area contributed by atoms with Gasteiger partial charge in [0.25, 0.3) is 0 Å². The largest absolute Gasteiger partial charge is 0.573 e. The highest BCUT2D eigenvalue weighted by atomic mass is 19.4. The van der Waals surface area contributed by atoms with E-state index in [0.29, 0.717) is 38.3 Å². The minimum Gasteiger partial charge on any atom is -0.406 e. The standard InChI is InChI=1S/C18H24F3N3O3/c1-3-23(4-2)17(26)24-11-5-6-13(12-24)16(25)22-14-7-9-15(10-8-14)27-18(19,20)21/h7-10,13H,3-6,11-12H2,1-2H3,(H,22,25)/t13-/m0/s1. The fourth-order valence-electron chi connectivity index (χ4n) is 3.04. The van der Waals surface area contributed by atoms with Gasteiger partial charge in [0, 0.05) is 31.9 Å². The Bertz CT molecular complexity index is 645. The van der Waals surface area contributed by atoms with Crippen molar-refractivity contribution in [1.29, 1.82) is 0 Å². The highest BCUT2D eigenvalue weighted by Crippen LogP contribution is 2.25. The number of hydrogen-bond acceptors (Lipinski definition) is 3. The molecule has 0 aliphatic carbocycles. The van der Waals surface area contributed by atoms with Crippen molar-refractivity contribution >= 4 is 17.6 Å². The van der Waals surface area contributed by atoms with Crippen LogP contribution in [0, 0.1) is 5.92 Å². The first-order chi connectivity index (χ1) is 12.7. The van der Waals surface area contributed by atoms with Crippen LogP contribution in [-0.4, -0.2) is 54.3 Å². The number of urea groups is 1. The molecule has 0 radical (unpaired) electrons. The molecule has 2 rings (SSSR count). The van der Waals surface area contributed by atoms with Crippen molar-refractivity contribution in [1.82, 2.24) is 9.80 Å². The van der Waals surface area contributed by atoms with E-state index in [-0.39, 0.29) is 23.6 Å². The fraction of sp³-hybridized carbons (Fsp3) is 0.556. The van der Waals surface area contributed by atoms with E-state index in [4.69, 9.17) is 0 Å². The highest BCUT2D eigenvalue weighted by Gasteiger charge is 2.31. The summed E-state index contributed by atoms with van der Waals surface area (Å²) < 4.78 is 40.3. The third kappa shape index (κ3) is 6.04. The normalized spacial score (nSPS) is 17.4. The number of rotatable bonds is 5. The average molecular weight is 387 g/mol. The van der Waals surface area contributed by atoms with Gasteiger partial charge in [0.15, 0.2) is 0 Å². The molecule has 150 valence electrons. The maximum Gasteiger partial charge on any atom is 0.573 e. The Balaban J connectivity index is 1.94. The smallest absolute Gasteiger partial charge is 0.406 e. The molecule has 3 amide bonds. The molecular formula is C18H24F3N3O3. The van der Waals surface area contributed by atoms with Gasteiger partial charge in [0.1, 0.15) is 5.75 Å². The first-order valence-electron chi connectivity index (χ1n) is 8.94. The van der Waals surface area contributed by atoms with Crippen molar-refractivity contribution in [3.8, 4) is 5.75 Å². The molecule has 1 aromatic rings. The van der Waals surface area contributed by atoms with E-state index in [1.54, 1.807) is 9.80 Å². The van der Waals surface area contributed by atoms with E-state index in [2.05, 4.69) is 10.1 Å². The molecule has 0 saturated carbocycles. The van der Waals surface area contributed by atoms with E-state index >= 15 is 0 Å². The van der Waals surface area contributed by atoms with Gasteiger partial charge in [-0.1, -0.05) is 0 Å². The summed E-state index contributed by atoms with van der Waals surface area (Å²) in [5.74, 6) is -0.963. The number of nitrogens with one attached hydrogen (secondary N) is 1. The summed E-state index contributed by atoms with van der Waals surface area (Å²) in [4.78, 5) is 28.3. The predicted molar refractivity (Wildman–Crippen MR) is 94.4 cm³/mol. The summed E-state index contributed by atoms with van der Waals surface area (Å²) in [6.07, 6.45) is -3.37. The number of hydrogen-bond donors (Lipinski definition) is 1. The zero-order chi connectivity index (χ0) is 20.0. The van der Waals surface area contributed by atoms with E-state index in [0.717, 1.165) is 18.6 Å². The van der Waals surface area contributed by atoms with Gasteiger partial charge in [-0.05, 0) is 51.0 Å². The number of benzene rings is 1. The van der Waals surface area contributed by atoms with Gasteiger partial charge in [0.05, 0.1) is 5.92 Å². The number of halogens is 3. The molecule has 0 spiro atoms. The number of carbonyl (C=O) groups is 2. The number of carbonyl (C=O) groups excluding carboxylic acids is 2. The van der Waals surface area contributed by atoms with Crippen molar-refractivity contribution < 1.29 is 27.5 Å². The highest BCUT2D eigenvalue weighted by molar-refractivity contribution is 5.93. The molecule has 1 atom stereocenters. The predicted octanol–water partition coefficient (Wildman–Crippen LogP) is 3.70. The van der Waals surface area contributed by atoms with Crippen LogP contribution >= 0.6 is 0 Å². The molecule has 1 heterocycles. The summed E-state index contributed by atoms with van der Waals surface area (Å²) in [5.41, 5.74) is 0.377. The van der Waals surface area contributed by atoms with Crippen molar-refractivity contribution in [3.63, 3.8) is 0 Å². The SMILES string of the molecule is CCN(CC)C(=O)N1CCC[C@H](C(=O)Nc2ccc(OC(F)(F)F)cc2)C1. The van der Waals surface area contributed by atoms with Gasteiger partial charge in [-0.2, -0.15) is 0 Å². The Labute approximate surface area is 156 Å². The molecular weight excluding hydrogens is 363 g/mol. The van der Waals surface area contributed by atoms with Crippen molar-refractivity contribution in [2.45, 2.75) is 33.1 Å². The molecule has 1 aliphatic rings. The number of anilines is 1. The molecule has 1 fully saturated rings. The maximum atomic E-state index is 12.5. The summed E-state index contributed by atoms with van der Waals surface area (Å²) in [7, 11) is 0. The van der Waals surface area contributed by atoms with Crippen LogP contribution in [0.2, 0.25) is 0 Å². The van der Waals surface area contributed by atoms with E-state index in [9.17, 15) is 22.8 Å². The van der Waals surface area contributed by atoms with Crippen LogP contribution < -0.4 is 10.1 Å². The summed E-state index contributed by atoms with van der Waals surface area (Å²) in [6, 6.07) is 4.90. The Morgan fingerprint density at radius 2 is 1.85 bits per heavy atom. The van der Waals surface area contributed by atoms with Gasteiger partial charge >= 0.3 is 12.4 Å². The molecule has 27 heavy (non-hydrogen) atoms. The van der Waals surface area contributed by atoms with Gasteiger partial charge in [-0.3, -0.25) is 4.79 Å². The first-order valence-corrected chi connectivity index (χ1v) is 8.94. The third-order valence-corrected chi connectivity index (χ3v) is 4.45. The quantitative estimate of drug-likeness (QED) is 0.838. The number of amides is 3. The van der Waals surface area contributed by atoms with Crippen LogP contribution in [0.4, 0.5) is 23.7 Å². The monoisotopic (exact) mass is 387 g/mol. The summed E-state index contributed by atoms with van der Waals surface area (Å²) >= 11 is 0. The van der Waals surface area contributed by atoms with E-state index in [1.807, 2.05) is 13.8 Å². The average Bonchev–Trinajstić information content (AvgIpc) is 2.63. The number of ether oxygens (including phenoxy) is 1. The molecule has 1 N–H and O–H groups in total. The number of piperidine rings is 1. The maximum absolute atomic E-state index is 12.5. The van der Waals surface area contributed by atoms with E-state index < -0.39 is 6.36 Å². The van der Waals surface area contributed by atoms with Gasteiger partial charge < -0.3 is 19.9 Å². The zero-order valence-corrected chi connectivity index (χ0v) is 15.4. The van der Waals surface area contributed by atoms with Crippen LogP contribution in [0.3, 0.4) is 0 Å². The van der Waals surface area contributed by atoms with Crippen molar-refractivity contribution in [3.05, 3.63) is 24.3 Å². The fourth-order valence-corrected chi connectivity index (χ4v) is 3.04. The molecule has 0 bridgehead atoms. The van der Waals surface area contributed by atoms with Crippen molar-refractivity contribution in [2.75, 3.05) is 31.5 Å². The lowest BCUT2D eigenvalue weighted by molar-refractivity contribution is -0.274. The number of likely N-dealkylation sites (tertiary alicyclic amines) is 1. The molecule has 0 aromatic heterocycles. The Hall–Kier alpha value is -2.45. The van der Waals surface area contributed by atoms with Gasteiger partial charge in [-0.15, -0.1) is 13.2 Å². The summed E-state index contributed by atoms with van der Waals surface area (Å²) in [6.45, 7) is 5.96. The second kappa shape index (κ2) is 8.96. The topological polar surface area (TPSA) is 61.9 Å². The molecule has 9 heteroatoms. The number of nitrogens with zero attached hydrogens (tertiary/aromatic N) is 2. The Kier molecular flexibility index (Phi) is 6.92. The van der Waals surface area contributed by atoms with Crippen LogP contribution in [-0.2, 0) is 4.79 Å². The lowest BCUT2D eigenvalue weighted by Crippen LogP contribution is -2.49. The Morgan fingerprint density at radius 1 is 1.22 bits per heavy atom. The minimum absolute atomic E-state index is 0.0776. The van der Waals surface area contributed by atoms with Crippen molar-refractivity contribution in [2.24, 2.45) is 5.92 Å². The second-order valence-electron chi connectivity index (χ2n) is 6.30. The van der Waals surface area contributed by atoms with Crippen LogP contribution in [0.25, 0.3) is 0 Å². The number of alkyl halides is 3. The first kappa shape index (κ1) is 20.9. The molecule has 1 saturated heterocycles. The van der Waals surface area contributed by atoms with Gasteiger partial charge in [0.2, 0.25) is 5.91 Å². The van der Waals surface area contributed by atoms with Crippen LogP contribution in [0.5, 0.6) is 5.75 Å². The zero-order valence-electron chi connectivity index (χ0n) is 15.4. The summed E-state index contributed by atoms with van der Waals surface area (Å²) in [5, 5.41) is 2.69. The lowest BCUT2D eigenvalue weighted by atomic mass is 9.97. The Morgan fingerprint density at radius 3 is 2.41 bits per heavy atom. The van der Waals surface area contributed by atoms with E-state index in [1.165, 1.54) is 12.1 Å². The molecule has 1 aliphatic heterocycles. The third-order valence-electron chi connectivity index (χ3n) is 4.45. The molecule has 6 nitrogen and oxygen atoms in total. The second-order valence-corrected chi connectivity index (χ2v) is 6.30. The van der Waals surface area contributed by atoms with Gasteiger partial charge in [-0.25, -0.2) is 4.79 Å². The molecule has 0 unspecified atom stereocenters. The van der Waals surface area contributed by atoms with Crippen LogP contribution in [0.1, 0.15) is 26.7 Å².